The predicted octanol–water partition coefficient (Wildman–Crippen LogP) is 4.92. The van der Waals surface area contributed by atoms with Gasteiger partial charge in [0.25, 0.3) is 0 Å². The second-order valence-corrected chi connectivity index (χ2v) is 5.03. The summed E-state index contributed by atoms with van der Waals surface area (Å²) in [5, 5.41) is 0. The smallest absolute Gasteiger partial charge is 0.0717 e. The minimum Gasteiger partial charge on any atom is -0.376 e. The van der Waals surface area contributed by atoms with Crippen molar-refractivity contribution in [2.75, 3.05) is 6.61 Å². The molecule has 0 aromatic heterocycles. The van der Waals surface area contributed by atoms with Crippen LogP contribution in [0.2, 0.25) is 0 Å². The Bertz CT molecular complexity index is 535. The van der Waals surface area contributed by atoms with Crippen LogP contribution in [0, 0.1) is 13.8 Å². The maximum atomic E-state index is 5.67. The Morgan fingerprint density at radius 3 is 2.30 bits per heavy atom. The zero-order chi connectivity index (χ0) is 14.2. The molecule has 1 heteroatoms. The summed E-state index contributed by atoms with van der Waals surface area (Å²) in [7, 11) is 0. The first kappa shape index (κ1) is 14.5. The van der Waals surface area contributed by atoms with Crippen LogP contribution in [0.1, 0.15) is 28.7 Å². The van der Waals surface area contributed by atoms with Gasteiger partial charge in [0.2, 0.25) is 0 Å². The molecule has 0 heterocycles. The lowest BCUT2D eigenvalue weighted by atomic mass is 10.0. The van der Waals surface area contributed by atoms with Crippen LogP contribution in [-0.4, -0.2) is 6.61 Å². The summed E-state index contributed by atoms with van der Waals surface area (Å²) >= 11 is 0. The van der Waals surface area contributed by atoms with Crippen LogP contribution in [-0.2, 0) is 11.3 Å². The predicted molar refractivity (Wildman–Crippen MR) is 85.7 cm³/mol. The molecule has 0 bridgehead atoms. The largest absolute Gasteiger partial charge is 0.376 e. The Kier molecular flexibility index (Phi) is 5.57. The highest BCUT2D eigenvalue weighted by molar-refractivity contribution is 5.57. The first-order chi connectivity index (χ1) is 9.77. The minimum absolute atomic E-state index is 0.693. The Morgan fingerprint density at radius 2 is 1.60 bits per heavy atom. The Labute approximate surface area is 121 Å². The van der Waals surface area contributed by atoms with E-state index in [1.165, 1.54) is 22.3 Å². The van der Waals surface area contributed by atoms with Gasteiger partial charge in [-0.3, -0.25) is 0 Å². The molecule has 0 unspecified atom stereocenters. The number of ether oxygens (including phenoxy) is 1. The third kappa shape index (κ3) is 4.36. The molecule has 0 spiro atoms. The number of aryl methyl sites for hydroxylation is 2. The molecule has 0 fully saturated rings. The Balaban J connectivity index is 1.75. The fraction of sp³-hybridized carbons (Fsp3) is 0.263. The summed E-state index contributed by atoms with van der Waals surface area (Å²) in [6, 6.07) is 16.7. The Hall–Kier alpha value is -1.86. The van der Waals surface area contributed by atoms with Gasteiger partial charge in [-0.1, -0.05) is 60.7 Å². The number of hydrogen-bond acceptors (Lipinski definition) is 1. The van der Waals surface area contributed by atoms with Crippen LogP contribution >= 0.6 is 0 Å². The zero-order valence-corrected chi connectivity index (χ0v) is 12.3. The minimum atomic E-state index is 0.693. The maximum Gasteiger partial charge on any atom is 0.0717 e. The molecule has 0 saturated carbocycles. The standard InChI is InChI=1S/C19H22O/c1-16-9-8-10-17(2)19(16)13-6-7-14-20-15-18-11-4-3-5-12-18/h3-6,8-13H,7,14-15H2,1-2H3. The van der Waals surface area contributed by atoms with E-state index in [2.05, 4.69) is 56.3 Å². The maximum absolute atomic E-state index is 5.67. The average molecular weight is 266 g/mol. The van der Waals surface area contributed by atoms with E-state index in [1.807, 2.05) is 18.2 Å². The lowest BCUT2D eigenvalue weighted by Gasteiger charge is -2.05. The highest BCUT2D eigenvalue weighted by Gasteiger charge is 1.96. The molecule has 0 radical (unpaired) electrons. The molecule has 0 saturated heterocycles. The van der Waals surface area contributed by atoms with Gasteiger partial charge in [0.15, 0.2) is 0 Å². The molecule has 104 valence electrons. The number of benzene rings is 2. The summed E-state index contributed by atoms with van der Waals surface area (Å²) in [5.41, 5.74) is 5.21. The van der Waals surface area contributed by atoms with Gasteiger partial charge in [-0.2, -0.15) is 0 Å². The number of rotatable bonds is 6. The summed E-state index contributed by atoms with van der Waals surface area (Å²) in [5.74, 6) is 0. The van der Waals surface area contributed by atoms with Crippen LogP contribution in [0.5, 0.6) is 0 Å². The van der Waals surface area contributed by atoms with Crippen LogP contribution < -0.4 is 0 Å². The molecule has 2 rings (SSSR count). The van der Waals surface area contributed by atoms with Crippen molar-refractivity contribution in [1.82, 2.24) is 0 Å². The van der Waals surface area contributed by atoms with Gasteiger partial charge in [0, 0.05) is 0 Å². The topological polar surface area (TPSA) is 9.23 Å². The monoisotopic (exact) mass is 266 g/mol. The summed E-state index contributed by atoms with van der Waals surface area (Å²) in [6.07, 6.45) is 5.34. The first-order valence-electron chi connectivity index (χ1n) is 7.12. The van der Waals surface area contributed by atoms with Crippen molar-refractivity contribution in [2.45, 2.75) is 26.9 Å². The number of hydrogen-bond donors (Lipinski definition) is 0. The third-order valence-electron chi connectivity index (χ3n) is 3.37. The van der Waals surface area contributed by atoms with Gasteiger partial charge >= 0.3 is 0 Å². The molecule has 0 aliphatic rings. The van der Waals surface area contributed by atoms with E-state index in [0.717, 1.165) is 13.0 Å². The summed E-state index contributed by atoms with van der Waals surface area (Å²) in [6.45, 7) is 5.76. The lowest BCUT2D eigenvalue weighted by Crippen LogP contribution is -1.94. The zero-order valence-electron chi connectivity index (χ0n) is 12.3. The van der Waals surface area contributed by atoms with Crippen LogP contribution in [0.3, 0.4) is 0 Å². The highest BCUT2D eigenvalue weighted by atomic mass is 16.5. The Morgan fingerprint density at radius 1 is 0.900 bits per heavy atom. The van der Waals surface area contributed by atoms with E-state index in [0.29, 0.717) is 6.61 Å². The van der Waals surface area contributed by atoms with Crippen molar-refractivity contribution in [3.8, 4) is 0 Å². The second kappa shape index (κ2) is 7.66. The fourth-order valence-electron chi connectivity index (χ4n) is 2.21. The average Bonchev–Trinajstić information content (AvgIpc) is 2.46. The molecule has 2 aromatic rings. The molecule has 0 aliphatic carbocycles. The molecule has 20 heavy (non-hydrogen) atoms. The van der Waals surface area contributed by atoms with Gasteiger partial charge in [-0.05, 0) is 42.5 Å². The molecule has 2 aromatic carbocycles. The van der Waals surface area contributed by atoms with Crippen molar-refractivity contribution in [2.24, 2.45) is 0 Å². The molecule has 0 amide bonds. The summed E-state index contributed by atoms with van der Waals surface area (Å²) < 4.78 is 5.67. The van der Waals surface area contributed by atoms with Crippen molar-refractivity contribution in [3.05, 3.63) is 76.9 Å². The van der Waals surface area contributed by atoms with Crippen molar-refractivity contribution in [3.63, 3.8) is 0 Å². The van der Waals surface area contributed by atoms with Crippen LogP contribution in [0.4, 0.5) is 0 Å². The highest BCUT2D eigenvalue weighted by Crippen LogP contribution is 2.15. The molecule has 0 atom stereocenters. The van der Waals surface area contributed by atoms with Crippen molar-refractivity contribution < 1.29 is 4.74 Å². The van der Waals surface area contributed by atoms with Gasteiger partial charge in [-0.15, -0.1) is 0 Å². The van der Waals surface area contributed by atoms with E-state index in [4.69, 9.17) is 4.74 Å². The normalized spacial score (nSPS) is 11.1. The van der Waals surface area contributed by atoms with Crippen LogP contribution in [0.15, 0.2) is 54.6 Å². The van der Waals surface area contributed by atoms with E-state index < -0.39 is 0 Å². The van der Waals surface area contributed by atoms with Crippen LogP contribution in [0.25, 0.3) is 6.08 Å². The van der Waals surface area contributed by atoms with E-state index in [1.54, 1.807) is 0 Å². The molecular formula is C19H22O. The van der Waals surface area contributed by atoms with Crippen molar-refractivity contribution >= 4 is 6.08 Å². The fourth-order valence-corrected chi connectivity index (χ4v) is 2.21. The SMILES string of the molecule is Cc1cccc(C)c1C=CCCOCc1ccccc1. The first-order valence-corrected chi connectivity index (χ1v) is 7.12. The van der Waals surface area contributed by atoms with Gasteiger partial charge in [-0.25, -0.2) is 0 Å². The quantitative estimate of drug-likeness (QED) is 0.674. The van der Waals surface area contributed by atoms with Crippen molar-refractivity contribution in [1.29, 1.82) is 0 Å². The lowest BCUT2D eigenvalue weighted by molar-refractivity contribution is 0.125. The van der Waals surface area contributed by atoms with Gasteiger partial charge < -0.3 is 4.74 Å². The van der Waals surface area contributed by atoms with Gasteiger partial charge in [0.05, 0.1) is 13.2 Å². The summed E-state index contributed by atoms with van der Waals surface area (Å²) in [4.78, 5) is 0. The molecule has 0 N–H and O–H groups in total. The van der Waals surface area contributed by atoms with E-state index in [9.17, 15) is 0 Å². The molecule has 0 aliphatic heterocycles. The second-order valence-electron chi connectivity index (χ2n) is 5.03. The molecular weight excluding hydrogens is 244 g/mol. The molecule has 1 nitrogen and oxygen atoms in total. The van der Waals surface area contributed by atoms with E-state index in [-0.39, 0.29) is 0 Å². The van der Waals surface area contributed by atoms with E-state index >= 15 is 0 Å². The van der Waals surface area contributed by atoms with Gasteiger partial charge in [0.1, 0.15) is 0 Å². The third-order valence-corrected chi connectivity index (χ3v) is 3.37.